The fourth-order valence-electron chi connectivity index (χ4n) is 4.99. The second-order valence-electron chi connectivity index (χ2n) is 8.89. The van der Waals surface area contributed by atoms with Crippen molar-refractivity contribution in [2.24, 2.45) is 0 Å². The number of rotatable bonds is 4. The molecule has 1 unspecified atom stereocenters. The lowest BCUT2D eigenvalue weighted by Gasteiger charge is -2.48. The van der Waals surface area contributed by atoms with E-state index in [1.165, 1.54) is 11.0 Å². The summed E-state index contributed by atoms with van der Waals surface area (Å²) in [5.41, 5.74) is 1.38. The van der Waals surface area contributed by atoms with Gasteiger partial charge in [-0.1, -0.05) is 19.1 Å². The van der Waals surface area contributed by atoms with E-state index in [1.807, 2.05) is 19.9 Å². The second-order valence-corrected chi connectivity index (χ2v) is 8.89. The number of nitrogens with zero attached hydrogens (tertiary/aromatic N) is 2. The fourth-order valence-corrected chi connectivity index (χ4v) is 4.99. The second kappa shape index (κ2) is 7.83. The van der Waals surface area contributed by atoms with Crippen LogP contribution in [0.1, 0.15) is 48.2 Å². The minimum atomic E-state index is -0.956. The molecule has 174 valence electrons. The molecule has 1 fully saturated rings. The lowest BCUT2D eigenvalue weighted by Crippen LogP contribution is -2.63. The van der Waals surface area contributed by atoms with Crippen molar-refractivity contribution in [2.45, 2.75) is 45.7 Å². The van der Waals surface area contributed by atoms with Gasteiger partial charge in [0.2, 0.25) is 5.91 Å². The molecule has 0 saturated carbocycles. The predicted molar refractivity (Wildman–Crippen MR) is 125 cm³/mol. The number of anilines is 1. The van der Waals surface area contributed by atoms with Crippen molar-refractivity contribution in [3.63, 3.8) is 0 Å². The van der Waals surface area contributed by atoms with Gasteiger partial charge in [-0.3, -0.25) is 14.5 Å². The Kier molecular flexibility index (Phi) is 5.04. The summed E-state index contributed by atoms with van der Waals surface area (Å²) in [6.07, 6.45) is 1.29. The molecule has 1 atom stereocenters. The van der Waals surface area contributed by atoms with E-state index in [-0.39, 0.29) is 30.5 Å². The SMILES string of the molecule is CCc1cc2c(C)cc(=O)oc2cc1OC(=O)CN1C(=O)c2ccccc2N2C(=O)CCC12C. The van der Waals surface area contributed by atoms with Gasteiger partial charge in [0.1, 0.15) is 23.5 Å². The molecule has 0 radical (unpaired) electrons. The number of ether oxygens (including phenoxy) is 1. The molecule has 1 aromatic heterocycles. The third kappa shape index (κ3) is 3.29. The van der Waals surface area contributed by atoms with E-state index in [4.69, 9.17) is 9.15 Å². The smallest absolute Gasteiger partial charge is 0.336 e. The summed E-state index contributed by atoms with van der Waals surface area (Å²) in [7, 11) is 0. The first-order valence-corrected chi connectivity index (χ1v) is 11.2. The van der Waals surface area contributed by atoms with Gasteiger partial charge in [-0.25, -0.2) is 9.59 Å². The van der Waals surface area contributed by atoms with Gasteiger partial charge in [0.15, 0.2) is 0 Å². The molecule has 2 amide bonds. The Labute approximate surface area is 195 Å². The van der Waals surface area contributed by atoms with Crippen LogP contribution in [0, 0.1) is 6.92 Å². The van der Waals surface area contributed by atoms with Crippen LogP contribution in [0.4, 0.5) is 5.69 Å². The number of benzene rings is 2. The molecular weight excluding hydrogens is 436 g/mol. The molecule has 34 heavy (non-hydrogen) atoms. The predicted octanol–water partition coefficient (Wildman–Crippen LogP) is 3.57. The van der Waals surface area contributed by atoms with Crippen LogP contribution in [-0.4, -0.2) is 34.9 Å². The summed E-state index contributed by atoms with van der Waals surface area (Å²) >= 11 is 0. The van der Waals surface area contributed by atoms with Gasteiger partial charge in [-0.05, 0) is 56.0 Å². The van der Waals surface area contributed by atoms with Crippen LogP contribution in [0.25, 0.3) is 11.0 Å². The van der Waals surface area contributed by atoms with Crippen LogP contribution in [0.15, 0.2) is 51.7 Å². The first-order chi connectivity index (χ1) is 16.2. The fraction of sp³-hybridized carbons (Fsp3) is 0.308. The number of hydrogen-bond donors (Lipinski definition) is 0. The highest BCUT2D eigenvalue weighted by Gasteiger charge is 2.53. The largest absolute Gasteiger partial charge is 0.425 e. The molecular formula is C26H24N2O6. The monoisotopic (exact) mass is 460 g/mol. The molecule has 3 heterocycles. The van der Waals surface area contributed by atoms with Gasteiger partial charge in [-0.15, -0.1) is 0 Å². The number of carbonyl (C=O) groups is 3. The van der Waals surface area contributed by atoms with Crippen molar-refractivity contribution >= 4 is 34.4 Å². The van der Waals surface area contributed by atoms with E-state index < -0.39 is 17.3 Å². The number of hydrogen-bond acceptors (Lipinski definition) is 6. The zero-order valence-electron chi connectivity index (χ0n) is 19.2. The van der Waals surface area contributed by atoms with Crippen LogP contribution in [0.5, 0.6) is 5.75 Å². The summed E-state index contributed by atoms with van der Waals surface area (Å²) in [5, 5.41) is 0.770. The van der Waals surface area contributed by atoms with E-state index in [2.05, 4.69) is 0 Å². The Bertz CT molecular complexity index is 1420. The number of esters is 1. The standard InChI is InChI=1S/C26H24N2O6/c1-4-16-12-18-15(2)11-23(30)34-21(18)13-20(16)33-24(31)14-27-25(32)17-7-5-6-8-19(17)28-22(29)9-10-26(27,28)3/h5-8,11-13H,4,9-10,14H2,1-3H3. The van der Waals surface area contributed by atoms with Crippen molar-refractivity contribution in [3.8, 4) is 5.75 Å². The maximum absolute atomic E-state index is 13.4. The minimum Gasteiger partial charge on any atom is -0.425 e. The summed E-state index contributed by atoms with van der Waals surface area (Å²) < 4.78 is 11.0. The molecule has 0 bridgehead atoms. The van der Waals surface area contributed by atoms with Crippen LogP contribution >= 0.6 is 0 Å². The van der Waals surface area contributed by atoms with Gasteiger partial charge in [0.25, 0.3) is 5.91 Å². The number of carbonyl (C=O) groups excluding carboxylic acids is 3. The Morgan fingerprint density at radius 1 is 1.15 bits per heavy atom. The van der Waals surface area contributed by atoms with Gasteiger partial charge in [0, 0.05) is 23.9 Å². The quantitative estimate of drug-likeness (QED) is 0.336. The highest BCUT2D eigenvalue weighted by Crippen LogP contribution is 2.44. The first kappa shape index (κ1) is 21.9. The maximum Gasteiger partial charge on any atom is 0.336 e. The first-order valence-electron chi connectivity index (χ1n) is 11.2. The summed E-state index contributed by atoms with van der Waals surface area (Å²) in [5.74, 6) is -0.772. The molecule has 1 saturated heterocycles. The molecule has 0 N–H and O–H groups in total. The van der Waals surface area contributed by atoms with Crippen molar-refractivity contribution in [1.29, 1.82) is 0 Å². The van der Waals surface area contributed by atoms with Crippen molar-refractivity contribution in [2.75, 3.05) is 11.4 Å². The van der Waals surface area contributed by atoms with E-state index in [9.17, 15) is 19.2 Å². The highest BCUT2D eigenvalue weighted by molar-refractivity contribution is 6.11. The molecule has 3 aromatic rings. The third-order valence-electron chi connectivity index (χ3n) is 6.77. The van der Waals surface area contributed by atoms with Gasteiger partial charge >= 0.3 is 11.6 Å². The maximum atomic E-state index is 13.4. The van der Waals surface area contributed by atoms with E-state index in [0.717, 1.165) is 16.5 Å². The lowest BCUT2D eigenvalue weighted by molar-refractivity contribution is -0.136. The van der Waals surface area contributed by atoms with Crippen LogP contribution in [0.2, 0.25) is 0 Å². The van der Waals surface area contributed by atoms with Crippen molar-refractivity contribution < 1.29 is 23.5 Å². The van der Waals surface area contributed by atoms with Crippen molar-refractivity contribution in [1.82, 2.24) is 4.90 Å². The van der Waals surface area contributed by atoms with Gasteiger partial charge < -0.3 is 14.1 Å². The zero-order chi connectivity index (χ0) is 24.2. The van der Waals surface area contributed by atoms with E-state index in [0.29, 0.717) is 29.7 Å². The normalized spacial score (nSPS) is 19.4. The van der Waals surface area contributed by atoms with Crippen molar-refractivity contribution in [3.05, 3.63) is 69.6 Å². The van der Waals surface area contributed by atoms with Crippen LogP contribution < -0.4 is 15.3 Å². The molecule has 2 aliphatic rings. The zero-order valence-corrected chi connectivity index (χ0v) is 19.2. The van der Waals surface area contributed by atoms with Crippen LogP contribution in [0.3, 0.4) is 0 Å². The van der Waals surface area contributed by atoms with E-state index in [1.54, 1.807) is 42.2 Å². The summed E-state index contributed by atoms with van der Waals surface area (Å²) in [6, 6.07) is 11.7. The molecule has 0 aliphatic carbocycles. The number of fused-ring (bicyclic) bond motifs is 4. The number of amides is 2. The lowest BCUT2D eigenvalue weighted by atomic mass is 9.98. The highest BCUT2D eigenvalue weighted by atomic mass is 16.5. The molecule has 0 spiro atoms. The number of para-hydroxylation sites is 1. The Hall–Kier alpha value is -3.94. The Balaban J connectivity index is 1.48. The van der Waals surface area contributed by atoms with Gasteiger partial charge in [-0.2, -0.15) is 0 Å². The average molecular weight is 460 g/mol. The van der Waals surface area contributed by atoms with E-state index >= 15 is 0 Å². The molecule has 2 aromatic carbocycles. The van der Waals surface area contributed by atoms with Crippen LogP contribution in [-0.2, 0) is 16.0 Å². The summed E-state index contributed by atoms with van der Waals surface area (Å²) in [6.45, 7) is 5.22. The molecule has 5 rings (SSSR count). The third-order valence-corrected chi connectivity index (χ3v) is 6.77. The number of aryl methyl sites for hydroxylation is 2. The molecule has 8 nitrogen and oxygen atoms in total. The Morgan fingerprint density at radius 3 is 2.68 bits per heavy atom. The van der Waals surface area contributed by atoms with Gasteiger partial charge in [0.05, 0.1) is 11.3 Å². The average Bonchev–Trinajstić information content (AvgIpc) is 3.11. The molecule has 2 aliphatic heterocycles. The topological polar surface area (TPSA) is 97.1 Å². The molecule has 8 heteroatoms. The Morgan fingerprint density at radius 2 is 1.91 bits per heavy atom. The summed E-state index contributed by atoms with van der Waals surface area (Å²) in [4.78, 5) is 54.0. The minimum absolute atomic E-state index is 0.0889.